The monoisotopic (exact) mass is 261 g/mol. The summed E-state index contributed by atoms with van der Waals surface area (Å²) in [6, 6.07) is 9.15. The Morgan fingerprint density at radius 3 is 2.32 bits per heavy atom. The van der Waals surface area contributed by atoms with E-state index in [4.69, 9.17) is 0 Å². The van der Waals surface area contributed by atoms with Crippen molar-refractivity contribution in [3.05, 3.63) is 29.8 Å². The van der Waals surface area contributed by atoms with E-state index in [9.17, 15) is 0 Å². The average Bonchev–Trinajstić information content (AvgIpc) is 2.48. The molecule has 1 fully saturated rings. The van der Waals surface area contributed by atoms with Crippen LogP contribution in [0.1, 0.15) is 18.9 Å². The van der Waals surface area contributed by atoms with E-state index >= 15 is 0 Å². The molecular weight excluding hydrogens is 234 g/mol. The van der Waals surface area contributed by atoms with Gasteiger partial charge in [-0.2, -0.15) is 0 Å². The molecule has 1 aromatic carbocycles. The van der Waals surface area contributed by atoms with Crippen molar-refractivity contribution in [3.8, 4) is 0 Å². The Labute approximate surface area is 117 Å². The van der Waals surface area contributed by atoms with Crippen LogP contribution >= 0.6 is 0 Å². The van der Waals surface area contributed by atoms with Crippen LogP contribution in [0.15, 0.2) is 24.3 Å². The first-order valence-electron chi connectivity index (χ1n) is 7.54. The molecule has 0 bridgehead atoms. The molecule has 0 saturated carbocycles. The standard InChI is InChI=1S/C16H27N3/c1-3-18-11-13-19(14-12-18)16-8-6-15(7-9-16)5-4-10-17-2/h6-9,17H,3-5,10-14H2,1-2H3. The van der Waals surface area contributed by atoms with Gasteiger partial charge in [-0.1, -0.05) is 19.1 Å². The lowest BCUT2D eigenvalue weighted by Gasteiger charge is -2.35. The highest BCUT2D eigenvalue weighted by Crippen LogP contribution is 2.17. The van der Waals surface area contributed by atoms with Gasteiger partial charge in [0.05, 0.1) is 0 Å². The van der Waals surface area contributed by atoms with Crippen LogP contribution in [0.25, 0.3) is 0 Å². The van der Waals surface area contributed by atoms with Crippen LogP contribution in [0.4, 0.5) is 5.69 Å². The van der Waals surface area contributed by atoms with Crippen LogP contribution in [-0.4, -0.2) is 51.2 Å². The normalized spacial score (nSPS) is 16.8. The van der Waals surface area contributed by atoms with Gasteiger partial charge in [0.15, 0.2) is 0 Å². The number of aryl methyl sites for hydroxylation is 1. The summed E-state index contributed by atoms with van der Waals surface area (Å²) in [4.78, 5) is 5.02. The van der Waals surface area contributed by atoms with Crippen molar-refractivity contribution < 1.29 is 0 Å². The van der Waals surface area contributed by atoms with E-state index in [1.165, 1.54) is 43.7 Å². The summed E-state index contributed by atoms with van der Waals surface area (Å²) >= 11 is 0. The third kappa shape index (κ3) is 4.22. The van der Waals surface area contributed by atoms with Gasteiger partial charge < -0.3 is 15.1 Å². The highest BCUT2D eigenvalue weighted by Gasteiger charge is 2.15. The van der Waals surface area contributed by atoms with Crippen molar-refractivity contribution in [2.45, 2.75) is 19.8 Å². The average molecular weight is 261 g/mol. The first-order valence-corrected chi connectivity index (χ1v) is 7.54. The number of rotatable bonds is 6. The molecule has 1 N–H and O–H groups in total. The van der Waals surface area contributed by atoms with Gasteiger partial charge in [-0.3, -0.25) is 0 Å². The SMILES string of the molecule is CCN1CCN(c2ccc(CCCNC)cc2)CC1. The number of benzene rings is 1. The second-order valence-electron chi connectivity index (χ2n) is 5.29. The molecule has 3 heteroatoms. The molecule has 1 aromatic rings. The minimum Gasteiger partial charge on any atom is -0.369 e. The van der Waals surface area contributed by atoms with Crippen LogP contribution in [0.3, 0.4) is 0 Å². The van der Waals surface area contributed by atoms with Crippen molar-refractivity contribution in [1.29, 1.82) is 0 Å². The van der Waals surface area contributed by atoms with Crippen LogP contribution in [0.2, 0.25) is 0 Å². The lowest BCUT2D eigenvalue weighted by Crippen LogP contribution is -2.46. The van der Waals surface area contributed by atoms with Gasteiger partial charge in [0.1, 0.15) is 0 Å². The number of anilines is 1. The molecule has 0 atom stereocenters. The summed E-state index contributed by atoms with van der Waals surface area (Å²) in [6.45, 7) is 9.23. The van der Waals surface area contributed by atoms with Gasteiger partial charge in [-0.15, -0.1) is 0 Å². The molecule has 3 nitrogen and oxygen atoms in total. The fourth-order valence-electron chi connectivity index (χ4n) is 2.67. The number of hydrogen-bond acceptors (Lipinski definition) is 3. The third-order valence-electron chi connectivity index (χ3n) is 4.01. The van der Waals surface area contributed by atoms with Crippen molar-refractivity contribution in [3.63, 3.8) is 0 Å². The summed E-state index contributed by atoms with van der Waals surface area (Å²) in [5.74, 6) is 0. The fraction of sp³-hybridized carbons (Fsp3) is 0.625. The van der Waals surface area contributed by atoms with Crippen molar-refractivity contribution in [2.75, 3.05) is 51.2 Å². The predicted octanol–water partition coefficient (Wildman–Crippen LogP) is 1.98. The van der Waals surface area contributed by atoms with Crippen LogP contribution in [0, 0.1) is 0 Å². The van der Waals surface area contributed by atoms with E-state index in [1.807, 2.05) is 7.05 Å². The molecule has 19 heavy (non-hydrogen) atoms. The van der Waals surface area contributed by atoms with E-state index in [-0.39, 0.29) is 0 Å². The summed E-state index contributed by atoms with van der Waals surface area (Å²) in [6.07, 6.45) is 2.38. The number of nitrogens with one attached hydrogen (secondary N) is 1. The largest absolute Gasteiger partial charge is 0.369 e. The maximum absolute atomic E-state index is 3.20. The third-order valence-corrected chi connectivity index (χ3v) is 4.01. The molecule has 106 valence electrons. The van der Waals surface area contributed by atoms with E-state index in [0.717, 1.165) is 19.6 Å². The molecule has 0 radical (unpaired) electrons. The molecular formula is C16H27N3. The quantitative estimate of drug-likeness (QED) is 0.790. The predicted molar refractivity (Wildman–Crippen MR) is 83.0 cm³/mol. The van der Waals surface area contributed by atoms with Gasteiger partial charge in [0.2, 0.25) is 0 Å². The van der Waals surface area contributed by atoms with Gasteiger partial charge in [0.25, 0.3) is 0 Å². The first kappa shape index (κ1) is 14.4. The molecule has 0 aromatic heterocycles. The smallest absolute Gasteiger partial charge is 0.0367 e. The maximum Gasteiger partial charge on any atom is 0.0367 e. The lowest BCUT2D eigenvalue weighted by molar-refractivity contribution is 0.271. The second kappa shape index (κ2) is 7.51. The van der Waals surface area contributed by atoms with E-state index in [1.54, 1.807) is 0 Å². The van der Waals surface area contributed by atoms with Gasteiger partial charge >= 0.3 is 0 Å². The molecule has 0 aliphatic carbocycles. The minimum atomic E-state index is 1.10. The summed E-state index contributed by atoms with van der Waals surface area (Å²) in [5, 5.41) is 3.20. The minimum absolute atomic E-state index is 1.10. The van der Waals surface area contributed by atoms with E-state index < -0.39 is 0 Å². The zero-order valence-corrected chi connectivity index (χ0v) is 12.4. The first-order chi connectivity index (χ1) is 9.33. The topological polar surface area (TPSA) is 18.5 Å². The second-order valence-corrected chi connectivity index (χ2v) is 5.29. The molecule has 0 unspecified atom stereocenters. The molecule has 2 rings (SSSR count). The Bertz CT molecular complexity index is 353. The highest BCUT2D eigenvalue weighted by molar-refractivity contribution is 5.48. The molecule has 0 spiro atoms. The van der Waals surface area contributed by atoms with E-state index in [2.05, 4.69) is 46.3 Å². The Balaban J connectivity index is 1.84. The van der Waals surface area contributed by atoms with Gasteiger partial charge in [0, 0.05) is 31.9 Å². The maximum atomic E-state index is 3.20. The molecule has 1 saturated heterocycles. The Hall–Kier alpha value is -1.06. The van der Waals surface area contributed by atoms with E-state index in [0.29, 0.717) is 0 Å². The fourth-order valence-corrected chi connectivity index (χ4v) is 2.67. The summed E-state index contributed by atoms with van der Waals surface area (Å²) in [7, 11) is 2.01. The van der Waals surface area contributed by atoms with Gasteiger partial charge in [-0.05, 0) is 50.7 Å². The van der Waals surface area contributed by atoms with Crippen molar-refractivity contribution >= 4 is 5.69 Å². The lowest BCUT2D eigenvalue weighted by atomic mass is 10.1. The van der Waals surface area contributed by atoms with Crippen LogP contribution in [-0.2, 0) is 6.42 Å². The number of likely N-dealkylation sites (N-methyl/N-ethyl adjacent to an activating group) is 1. The zero-order chi connectivity index (χ0) is 13.5. The molecule has 0 amide bonds. The molecule has 1 aliphatic rings. The Kier molecular flexibility index (Phi) is 5.67. The Morgan fingerprint density at radius 2 is 1.74 bits per heavy atom. The zero-order valence-electron chi connectivity index (χ0n) is 12.4. The van der Waals surface area contributed by atoms with Crippen LogP contribution in [0.5, 0.6) is 0 Å². The number of nitrogens with zero attached hydrogens (tertiary/aromatic N) is 2. The van der Waals surface area contributed by atoms with Crippen LogP contribution < -0.4 is 10.2 Å². The van der Waals surface area contributed by atoms with Crippen molar-refractivity contribution in [2.24, 2.45) is 0 Å². The summed E-state index contributed by atoms with van der Waals surface area (Å²) < 4.78 is 0. The number of hydrogen-bond donors (Lipinski definition) is 1. The van der Waals surface area contributed by atoms with Crippen molar-refractivity contribution in [1.82, 2.24) is 10.2 Å². The summed E-state index contributed by atoms with van der Waals surface area (Å²) in [5.41, 5.74) is 2.83. The van der Waals surface area contributed by atoms with Gasteiger partial charge in [-0.25, -0.2) is 0 Å². The highest BCUT2D eigenvalue weighted by atomic mass is 15.3. The molecule has 1 heterocycles. The molecule has 1 aliphatic heterocycles. The number of piperazine rings is 1. The Morgan fingerprint density at radius 1 is 1.05 bits per heavy atom.